The fraction of sp³-hybridized carbons (Fsp3) is 0.231. The van der Waals surface area contributed by atoms with Gasteiger partial charge in [-0.1, -0.05) is 0 Å². The van der Waals surface area contributed by atoms with Gasteiger partial charge in [-0.3, -0.25) is 14.2 Å². The van der Waals surface area contributed by atoms with E-state index in [1.807, 2.05) is 19.2 Å². The van der Waals surface area contributed by atoms with Crippen molar-refractivity contribution >= 4 is 43.9 Å². The predicted molar refractivity (Wildman–Crippen MR) is 84.1 cm³/mol. The third-order valence-corrected chi connectivity index (χ3v) is 4.90. The highest BCUT2D eigenvalue weighted by atomic mass is 32.1. The van der Waals surface area contributed by atoms with Crippen molar-refractivity contribution in [1.29, 1.82) is 0 Å². The zero-order valence-corrected chi connectivity index (χ0v) is 13.0. The third-order valence-electron chi connectivity index (χ3n) is 3.02. The number of carbonyl (C=O) groups is 1. The molecule has 0 aliphatic heterocycles. The average Bonchev–Trinajstić information content (AvgIpc) is 3.01. The van der Waals surface area contributed by atoms with Gasteiger partial charge in [0.15, 0.2) is 5.13 Å². The van der Waals surface area contributed by atoms with E-state index in [2.05, 4.69) is 15.3 Å². The Kier molecular flexibility index (Phi) is 3.56. The van der Waals surface area contributed by atoms with E-state index < -0.39 is 0 Å². The van der Waals surface area contributed by atoms with E-state index in [0.717, 1.165) is 10.6 Å². The zero-order valence-electron chi connectivity index (χ0n) is 11.4. The molecular formula is C13H12N4O2S2. The van der Waals surface area contributed by atoms with Crippen LogP contribution in [0.5, 0.6) is 0 Å². The van der Waals surface area contributed by atoms with Crippen LogP contribution in [0.4, 0.5) is 5.13 Å². The van der Waals surface area contributed by atoms with Crippen LogP contribution in [0.2, 0.25) is 0 Å². The molecule has 0 unspecified atom stereocenters. The SMILES string of the molecule is Cc1nc(NC(=O)Cn2cnc3ccsc3c2=O)sc1C. The summed E-state index contributed by atoms with van der Waals surface area (Å²) in [6.45, 7) is 3.76. The average molecular weight is 320 g/mol. The summed E-state index contributed by atoms with van der Waals surface area (Å²) >= 11 is 2.74. The number of rotatable bonds is 3. The molecule has 1 amide bonds. The van der Waals surface area contributed by atoms with Gasteiger partial charge in [-0.25, -0.2) is 9.97 Å². The number of aryl methyl sites for hydroxylation is 2. The molecular weight excluding hydrogens is 308 g/mol. The van der Waals surface area contributed by atoms with Crippen molar-refractivity contribution in [2.75, 3.05) is 5.32 Å². The molecule has 8 heteroatoms. The smallest absolute Gasteiger partial charge is 0.271 e. The summed E-state index contributed by atoms with van der Waals surface area (Å²) in [5.74, 6) is -0.288. The standard InChI is InChI=1S/C13H12N4O2S2/c1-7-8(2)21-13(15-7)16-10(18)5-17-6-14-9-3-4-20-11(9)12(17)19/h3-4,6H,5H2,1-2H3,(H,15,16,18). The highest BCUT2D eigenvalue weighted by Crippen LogP contribution is 2.21. The second-order valence-corrected chi connectivity index (χ2v) is 6.64. The van der Waals surface area contributed by atoms with E-state index in [4.69, 9.17) is 0 Å². The molecule has 3 aromatic heterocycles. The number of amides is 1. The number of thiazole rings is 1. The molecule has 0 saturated carbocycles. The molecule has 108 valence electrons. The number of anilines is 1. The fourth-order valence-electron chi connectivity index (χ4n) is 1.83. The van der Waals surface area contributed by atoms with E-state index in [1.54, 1.807) is 6.07 Å². The van der Waals surface area contributed by atoms with Gasteiger partial charge in [0.1, 0.15) is 11.2 Å². The minimum Gasteiger partial charge on any atom is -0.300 e. The summed E-state index contributed by atoms with van der Waals surface area (Å²) in [7, 11) is 0. The number of thiophene rings is 1. The van der Waals surface area contributed by atoms with Crippen molar-refractivity contribution in [1.82, 2.24) is 14.5 Å². The van der Waals surface area contributed by atoms with Crippen molar-refractivity contribution < 1.29 is 4.79 Å². The number of hydrogen-bond acceptors (Lipinski definition) is 6. The lowest BCUT2D eigenvalue weighted by atomic mass is 10.4. The Hall–Kier alpha value is -2.06. The Balaban J connectivity index is 1.80. The minimum atomic E-state index is -0.288. The number of hydrogen-bond donors (Lipinski definition) is 1. The Morgan fingerprint density at radius 2 is 2.24 bits per heavy atom. The monoisotopic (exact) mass is 320 g/mol. The maximum absolute atomic E-state index is 12.2. The Morgan fingerprint density at radius 3 is 2.95 bits per heavy atom. The van der Waals surface area contributed by atoms with Gasteiger partial charge in [0, 0.05) is 4.88 Å². The van der Waals surface area contributed by atoms with Gasteiger partial charge < -0.3 is 5.32 Å². The zero-order chi connectivity index (χ0) is 15.0. The predicted octanol–water partition coefficient (Wildman–Crippen LogP) is 2.17. The Labute approximate surface area is 128 Å². The lowest BCUT2D eigenvalue weighted by Gasteiger charge is -2.04. The van der Waals surface area contributed by atoms with Crippen molar-refractivity contribution in [3.8, 4) is 0 Å². The molecule has 0 saturated heterocycles. The van der Waals surface area contributed by atoms with Crippen LogP contribution in [-0.4, -0.2) is 20.4 Å². The quantitative estimate of drug-likeness (QED) is 0.802. The van der Waals surface area contributed by atoms with Crippen LogP contribution in [0.15, 0.2) is 22.6 Å². The summed E-state index contributed by atoms with van der Waals surface area (Å²) in [6.07, 6.45) is 1.40. The summed E-state index contributed by atoms with van der Waals surface area (Å²) in [6, 6.07) is 1.78. The molecule has 0 aliphatic carbocycles. The highest BCUT2D eigenvalue weighted by Gasteiger charge is 2.11. The lowest BCUT2D eigenvalue weighted by Crippen LogP contribution is -2.27. The number of nitrogens with one attached hydrogen (secondary N) is 1. The Bertz CT molecular complexity index is 858. The summed E-state index contributed by atoms with van der Waals surface area (Å²) < 4.78 is 1.87. The number of aromatic nitrogens is 3. The summed E-state index contributed by atoms with van der Waals surface area (Å²) in [5.41, 5.74) is 1.36. The van der Waals surface area contributed by atoms with E-state index in [-0.39, 0.29) is 18.0 Å². The molecule has 6 nitrogen and oxygen atoms in total. The minimum absolute atomic E-state index is 0.0721. The first-order chi connectivity index (χ1) is 10.0. The molecule has 0 aliphatic rings. The largest absolute Gasteiger partial charge is 0.300 e. The van der Waals surface area contributed by atoms with Crippen LogP contribution in [0.25, 0.3) is 10.2 Å². The first-order valence-corrected chi connectivity index (χ1v) is 7.91. The van der Waals surface area contributed by atoms with Crippen molar-refractivity contribution in [3.63, 3.8) is 0 Å². The van der Waals surface area contributed by atoms with Crippen LogP contribution < -0.4 is 10.9 Å². The van der Waals surface area contributed by atoms with Gasteiger partial charge in [-0.15, -0.1) is 22.7 Å². The maximum Gasteiger partial charge on any atom is 0.271 e. The summed E-state index contributed by atoms with van der Waals surface area (Å²) in [4.78, 5) is 33.6. The molecule has 0 spiro atoms. The molecule has 1 N–H and O–H groups in total. The fourth-order valence-corrected chi connectivity index (χ4v) is 3.45. The van der Waals surface area contributed by atoms with Gasteiger partial charge in [0.2, 0.25) is 5.91 Å². The van der Waals surface area contributed by atoms with Crippen LogP contribution in [0, 0.1) is 13.8 Å². The second kappa shape index (κ2) is 5.38. The first kappa shape index (κ1) is 13.9. The number of fused-ring (bicyclic) bond motifs is 1. The second-order valence-electron chi connectivity index (χ2n) is 4.52. The molecule has 3 heterocycles. The maximum atomic E-state index is 12.2. The van der Waals surface area contributed by atoms with Crippen molar-refractivity contribution in [2.24, 2.45) is 0 Å². The van der Waals surface area contributed by atoms with Crippen molar-refractivity contribution in [2.45, 2.75) is 20.4 Å². The topological polar surface area (TPSA) is 76.9 Å². The number of carbonyl (C=O) groups excluding carboxylic acids is 1. The molecule has 3 rings (SSSR count). The molecule has 0 radical (unpaired) electrons. The normalized spacial score (nSPS) is 11.0. The molecule has 21 heavy (non-hydrogen) atoms. The summed E-state index contributed by atoms with van der Waals surface area (Å²) in [5, 5.41) is 5.06. The third kappa shape index (κ3) is 2.72. The Morgan fingerprint density at radius 1 is 1.43 bits per heavy atom. The first-order valence-electron chi connectivity index (χ1n) is 6.21. The van der Waals surface area contributed by atoms with E-state index in [0.29, 0.717) is 15.3 Å². The van der Waals surface area contributed by atoms with Gasteiger partial charge in [-0.05, 0) is 25.3 Å². The van der Waals surface area contributed by atoms with Crippen LogP contribution in [0.3, 0.4) is 0 Å². The van der Waals surface area contributed by atoms with E-state index in [9.17, 15) is 9.59 Å². The van der Waals surface area contributed by atoms with Gasteiger partial charge >= 0.3 is 0 Å². The molecule has 0 fully saturated rings. The number of nitrogens with zero attached hydrogens (tertiary/aromatic N) is 3. The van der Waals surface area contributed by atoms with E-state index >= 15 is 0 Å². The van der Waals surface area contributed by atoms with Gasteiger partial charge in [0.25, 0.3) is 5.56 Å². The lowest BCUT2D eigenvalue weighted by molar-refractivity contribution is -0.116. The highest BCUT2D eigenvalue weighted by molar-refractivity contribution is 7.17. The molecule has 0 atom stereocenters. The molecule has 3 aromatic rings. The molecule has 0 bridgehead atoms. The molecule has 0 aromatic carbocycles. The van der Waals surface area contributed by atoms with Crippen LogP contribution >= 0.6 is 22.7 Å². The van der Waals surface area contributed by atoms with Crippen molar-refractivity contribution in [3.05, 3.63) is 38.7 Å². The van der Waals surface area contributed by atoms with Crippen LogP contribution in [0.1, 0.15) is 10.6 Å². The van der Waals surface area contributed by atoms with Crippen LogP contribution in [-0.2, 0) is 11.3 Å². The van der Waals surface area contributed by atoms with Gasteiger partial charge in [0.05, 0.1) is 17.5 Å². The van der Waals surface area contributed by atoms with E-state index in [1.165, 1.54) is 33.6 Å². The van der Waals surface area contributed by atoms with Gasteiger partial charge in [-0.2, -0.15) is 0 Å².